The van der Waals surface area contributed by atoms with Crippen molar-refractivity contribution in [2.24, 2.45) is 0 Å². The van der Waals surface area contributed by atoms with Gasteiger partial charge in [-0.2, -0.15) is 0 Å². The van der Waals surface area contributed by atoms with Gasteiger partial charge in [0, 0.05) is 11.6 Å². The first-order valence-electron chi connectivity index (χ1n) is 4.78. The van der Waals surface area contributed by atoms with Crippen molar-refractivity contribution in [2.75, 3.05) is 13.2 Å². The lowest BCUT2D eigenvalue weighted by Gasteiger charge is -1.99. The second-order valence-corrected chi connectivity index (χ2v) is 3.37. The second-order valence-electron chi connectivity index (χ2n) is 3.37. The van der Waals surface area contributed by atoms with Crippen molar-refractivity contribution in [1.29, 1.82) is 0 Å². The maximum absolute atomic E-state index is 11.1. The Morgan fingerprint density at radius 3 is 2.67 bits per heavy atom. The Morgan fingerprint density at radius 1 is 1.33 bits per heavy atom. The van der Waals surface area contributed by atoms with E-state index in [0.717, 1.165) is 5.56 Å². The molecule has 0 saturated carbocycles. The van der Waals surface area contributed by atoms with Crippen molar-refractivity contribution in [3.05, 3.63) is 35.4 Å². The highest BCUT2D eigenvalue weighted by Crippen LogP contribution is 2.03. The van der Waals surface area contributed by atoms with Crippen LogP contribution in [0.4, 0.5) is 4.79 Å². The van der Waals surface area contributed by atoms with Crippen LogP contribution in [0.25, 0.3) is 0 Å². The number of hydrogen-bond donors (Lipinski definition) is 0. The van der Waals surface area contributed by atoms with Crippen molar-refractivity contribution in [1.82, 2.24) is 4.90 Å². The van der Waals surface area contributed by atoms with Crippen LogP contribution in [0.1, 0.15) is 11.1 Å². The van der Waals surface area contributed by atoms with Crippen LogP contribution >= 0.6 is 0 Å². The average Bonchev–Trinajstić information content (AvgIpc) is 2.63. The molecule has 2 rings (SSSR count). The van der Waals surface area contributed by atoms with Crippen molar-refractivity contribution in [3.8, 4) is 12.0 Å². The van der Waals surface area contributed by atoms with Gasteiger partial charge in [0.15, 0.2) is 0 Å². The molecule has 1 fully saturated rings. The third-order valence-corrected chi connectivity index (χ3v) is 2.15. The molecule has 1 aromatic carbocycles. The number of rotatable bonds is 0. The molecule has 15 heavy (non-hydrogen) atoms. The molecule has 0 aliphatic carbocycles. The SMILES string of the molecule is Cc1ccc(C#CN2CCOC2=O)cc1. The number of carbonyl (C=O) groups is 1. The van der Waals surface area contributed by atoms with Crippen LogP contribution in [-0.4, -0.2) is 24.1 Å². The van der Waals surface area contributed by atoms with Crippen molar-refractivity contribution in [3.63, 3.8) is 0 Å². The summed E-state index contributed by atoms with van der Waals surface area (Å²) in [5, 5.41) is 0. The minimum absolute atomic E-state index is 0.352. The summed E-state index contributed by atoms with van der Waals surface area (Å²) < 4.78 is 4.76. The molecule has 0 unspecified atom stereocenters. The fourth-order valence-corrected chi connectivity index (χ4v) is 1.26. The number of carbonyl (C=O) groups excluding carboxylic acids is 1. The number of nitrogens with zero attached hydrogens (tertiary/aromatic N) is 1. The Hall–Kier alpha value is -1.95. The summed E-state index contributed by atoms with van der Waals surface area (Å²) in [5.74, 6) is 2.92. The number of hydrogen-bond acceptors (Lipinski definition) is 2. The zero-order valence-electron chi connectivity index (χ0n) is 8.49. The van der Waals surface area contributed by atoms with Gasteiger partial charge in [-0.25, -0.2) is 9.69 Å². The molecule has 1 aliphatic rings. The molecule has 76 valence electrons. The first-order chi connectivity index (χ1) is 7.25. The molecule has 1 aliphatic heterocycles. The van der Waals surface area contributed by atoms with Gasteiger partial charge < -0.3 is 4.74 Å². The van der Waals surface area contributed by atoms with E-state index in [2.05, 4.69) is 12.0 Å². The highest BCUT2D eigenvalue weighted by molar-refractivity contribution is 5.71. The maximum atomic E-state index is 11.1. The van der Waals surface area contributed by atoms with Crippen molar-refractivity contribution in [2.45, 2.75) is 6.92 Å². The van der Waals surface area contributed by atoms with Crippen molar-refractivity contribution >= 4 is 6.09 Å². The molecule has 1 aromatic rings. The minimum Gasteiger partial charge on any atom is -0.447 e. The van der Waals surface area contributed by atoms with E-state index < -0.39 is 0 Å². The Morgan fingerprint density at radius 2 is 2.07 bits per heavy atom. The van der Waals surface area contributed by atoms with Gasteiger partial charge in [-0.05, 0) is 25.0 Å². The summed E-state index contributed by atoms with van der Waals surface area (Å²) in [4.78, 5) is 12.4. The van der Waals surface area contributed by atoms with E-state index in [1.165, 1.54) is 10.5 Å². The van der Waals surface area contributed by atoms with E-state index in [0.29, 0.717) is 13.2 Å². The van der Waals surface area contributed by atoms with Crippen LogP contribution in [0, 0.1) is 18.9 Å². The monoisotopic (exact) mass is 201 g/mol. The summed E-state index contributed by atoms with van der Waals surface area (Å²) in [6, 6.07) is 10.6. The minimum atomic E-state index is -0.352. The van der Waals surface area contributed by atoms with E-state index >= 15 is 0 Å². The number of aryl methyl sites for hydroxylation is 1. The highest BCUT2D eigenvalue weighted by atomic mass is 16.6. The predicted octanol–water partition coefficient (Wildman–Crippen LogP) is 1.76. The molecule has 0 atom stereocenters. The van der Waals surface area contributed by atoms with E-state index in [9.17, 15) is 4.79 Å². The lowest BCUT2D eigenvalue weighted by Crippen LogP contribution is -2.17. The van der Waals surface area contributed by atoms with Crippen LogP contribution in [0.5, 0.6) is 0 Å². The predicted molar refractivity (Wildman–Crippen MR) is 56.1 cm³/mol. The summed E-state index contributed by atoms with van der Waals surface area (Å²) in [6.07, 6.45) is -0.352. The molecular weight excluding hydrogens is 190 g/mol. The zero-order chi connectivity index (χ0) is 10.7. The van der Waals surface area contributed by atoms with E-state index in [1.807, 2.05) is 31.2 Å². The van der Waals surface area contributed by atoms with E-state index in [-0.39, 0.29) is 6.09 Å². The van der Waals surface area contributed by atoms with Gasteiger partial charge in [0.1, 0.15) is 6.61 Å². The van der Waals surface area contributed by atoms with Crippen LogP contribution in [0.3, 0.4) is 0 Å². The molecule has 0 aromatic heterocycles. The molecule has 0 radical (unpaired) electrons. The fourth-order valence-electron chi connectivity index (χ4n) is 1.26. The largest absolute Gasteiger partial charge is 0.447 e. The van der Waals surface area contributed by atoms with Crippen LogP contribution < -0.4 is 0 Å². The Bertz CT molecular complexity index is 425. The van der Waals surface area contributed by atoms with Gasteiger partial charge in [-0.3, -0.25) is 0 Å². The topological polar surface area (TPSA) is 29.5 Å². The third kappa shape index (κ3) is 2.29. The molecule has 1 saturated heterocycles. The number of amides is 1. The van der Waals surface area contributed by atoms with Crippen molar-refractivity contribution < 1.29 is 9.53 Å². The van der Waals surface area contributed by atoms with Gasteiger partial charge in [0.2, 0.25) is 0 Å². The molecule has 1 heterocycles. The van der Waals surface area contributed by atoms with E-state index in [1.54, 1.807) is 0 Å². The first kappa shape index (κ1) is 9.60. The number of benzene rings is 1. The molecule has 0 N–H and O–H groups in total. The van der Waals surface area contributed by atoms with E-state index in [4.69, 9.17) is 4.74 Å². The summed E-state index contributed by atoms with van der Waals surface area (Å²) in [6.45, 7) is 3.01. The Labute approximate surface area is 88.6 Å². The fraction of sp³-hybridized carbons (Fsp3) is 0.250. The lowest BCUT2D eigenvalue weighted by molar-refractivity contribution is 0.167. The van der Waals surface area contributed by atoms with Crippen LogP contribution in [-0.2, 0) is 4.74 Å². The Kier molecular flexibility index (Phi) is 2.59. The smallest absolute Gasteiger partial charge is 0.421 e. The summed E-state index contributed by atoms with van der Waals surface area (Å²) >= 11 is 0. The van der Waals surface area contributed by atoms with Crippen LogP contribution in [0.2, 0.25) is 0 Å². The number of cyclic esters (lactones) is 1. The maximum Gasteiger partial charge on any atom is 0.421 e. The van der Waals surface area contributed by atoms with Gasteiger partial charge in [-0.15, -0.1) is 0 Å². The number of ether oxygens (including phenoxy) is 1. The first-order valence-corrected chi connectivity index (χ1v) is 4.78. The summed E-state index contributed by atoms with van der Waals surface area (Å²) in [5.41, 5.74) is 2.10. The molecule has 0 bridgehead atoms. The molecule has 3 nitrogen and oxygen atoms in total. The normalized spacial score (nSPS) is 14.5. The summed E-state index contributed by atoms with van der Waals surface area (Å²) in [7, 11) is 0. The average molecular weight is 201 g/mol. The molecule has 0 spiro atoms. The van der Waals surface area contributed by atoms with Gasteiger partial charge >= 0.3 is 6.09 Å². The van der Waals surface area contributed by atoms with Gasteiger partial charge in [-0.1, -0.05) is 17.7 Å². The lowest BCUT2D eigenvalue weighted by atomic mass is 10.2. The third-order valence-electron chi connectivity index (χ3n) is 2.15. The molecular formula is C12H11NO2. The van der Waals surface area contributed by atoms with Gasteiger partial charge in [0.25, 0.3) is 0 Å². The quantitative estimate of drug-likeness (QED) is 0.598. The molecule has 3 heteroatoms. The van der Waals surface area contributed by atoms with Gasteiger partial charge in [0.05, 0.1) is 6.54 Å². The standard InChI is InChI=1S/C12H11NO2/c1-10-2-4-11(5-3-10)6-7-13-8-9-15-12(13)14/h2-5H,8-9H2,1H3. The Balaban J connectivity index is 2.11. The second kappa shape index (κ2) is 4.05. The highest BCUT2D eigenvalue weighted by Gasteiger charge is 2.19. The van der Waals surface area contributed by atoms with Crippen LogP contribution in [0.15, 0.2) is 24.3 Å². The zero-order valence-corrected chi connectivity index (χ0v) is 8.49. The molecule has 1 amide bonds.